The third-order valence-corrected chi connectivity index (χ3v) is 6.29. The van der Waals surface area contributed by atoms with Crippen LogP contribution in [0.5, 0.6) is 11.5 Å². The number of fused-ring (bicyclic) bond motifs is 2. The molecule has 1 atom stereocenters. The number of carbonyl (C=O) groups is 1. The summed E-state index contributed by atoms with van der Waals surface area (Å²) in [6.07, 6.45) is 0.883. The molecule has 1 aliphatic rings. The number of halogens is 1. The minimum absolute atomic E-state index is 0. The number of benzene rings is 2. The first kappa shape index (κ1) is 24.2. The van der Waals surface area contributed by atoms with Crippen LogP contribution in [0.2, 0.25) is 0 Å². The summed E-state index contributed by atoms with van der Waals surface area (Å²) in [6.45, 7) is 4.04. The Kier molecular flexibility index (Phi) is 6.45. The van der Waals surface area contributed by atoms with Crippen LogP contribution in [0, 0.1) is 13.8 Å². The van der Waals surface area contributed by atoms with Crippen molar-refractivity contribution in [2.75, 3.05) is 6.79 Å². The van der Waals surface area contributed by atoms with Gasteiger partial charge in [-0.2, -0.15) is 0 Å². The van der Waals surface area contributed by atoms with E-state index in [1.54, 1.807) is 31.2 Å². The largest absolute Gasteiger partial charge is 1.00 e. The number of rotatable bonds is 6. The van der Waals surface area contributed by atoms with E-state index in [0.717, 1.165) is 16.0 Å². The summed E-state index contributed by atoms with van der Waals surface area (Å²) in [6, 6.07) is 12.3. The van der Waals surface area contributed by atoms with Crippen molar-refractivity contribution in [1.82, 2.24) is 4.73 Å². The first-order chi connectivity index (χ1) is 16.3. The number of hydrogen-bond donors (Lipinski definition) is 2. The van der Waals surface area contributed by atoms with Crippen LogP contribution in [0.3, 0.4) is 0 Å². The summed E-state index contributed by atoms with van der Waals surface area (Å²) in [5.41, 5.74) is 2.37. The smallest absolute Gasteiger partial charge is 0.305 e. The topological polar surface area (TPSA) is 115 Å². The number of hydrogen-bond acceptors (Lipinski definition) is 6. The van der Waals surface area contributed by atoms with Crippen LogP contribution in [0.15, 0.2) is 57.9 Å². The number of ether oxygens (including phenoxy) is 2. The van der Waals surface area contributed by atoms with Gasteiger partial charge < -0.3 is 36.6 Å². The van der Waals surface area contributed by atoms with Crippen molar-refractivity contribution < 1.29 is 46.0 Å². The van der Waals surface area contributed by atoms with E-state index in [-0.39, 0.29) is 36.0 Å². The molecule has 35 heavy (non-hydrogen) atoms. The molecule has 0 saturated heterocycles. The van der Waals surface area contributed by atoms with Crippen LogP contribution in [-0.2, 0) is 11.3 Å². The van der Waals surface area contributed by atoms with E-state index in [1.165, 1.54) is 6.26 Å². The molecule has 5 rings (SSSR count). The second-order valence-electron chi connectivity index (χ2n) is 8.28. The monoisotopic (exact) mass is 498 g/mol. The Morgan fingerprint density at radius 2 is 1.89 bits per heavy atom. The van der Waals surface area contributed by atoms with Gasteiger partial charge in [0.05, 0.1) is 23.6 Å². The number of carboxylic acids is 1. The van der Waals surface area contributed by atoms with Gasteiger partial charge in [-0.15, -0.1) is 0 Å². The highest BCUT2D eigenvalue weighted by molar-refractivity contribution is 5.77. The van der Waals surface area contributed by atoms with E-state index in [1.807, 2.05) is 29.7 Å². The molecule has 2 aromatic heterocycles. The van der Waals surface area contributed by atoms with E-state index >= 15 is 0 Å². The molecule has 4 aromatic rings. The molecule has 2 aromatic carbocycles. The zero-order chi connectivity index (χ0) is 24.0. The van der Waals surface area contributed by atoms with Crippen molar-refractivity contribution in [3.8, 4) is 11.5 Å². The third kappa shape index (κ3) is 4.19. The molecule has 10 heteroatoms. The molecule has 0 saturated carbocycles. The second-order valence-corrected chi connectivity index (χ2v) is 8.28. The number of nitrogens with zero attached hydrogens (tertiary/aromatic N) is 2. The zero-order valence-electron chi connectivity index (χ0n) is 19.0. The maximum atomic E-state index is 13.3. The molecule has 0 spiro atoms. The second kappa shape index (κ2) is 9.34. The highest BCUT2D eigenvalue weighted by Crippen LogP contribution is 2.33. The summed E-state index contributed by atoms with van der Waals surface area (Å²) in [7, 11) is 0. The molecule has 1 unspecified atom stereocenters. The average molecular weight is 499 g/mol. The molecule has 9 nitrogen and oxygen atoms in total. The van der Waals surface area contributed by atoms with E-state index in [4.69, 9.17) is 13.9 Å². The lowest BCUT2D eigenvalue weighted by molar-refractivity contribution is -0.703. The molecule has 1 aliphatic heterocycles. The van der Waals surface area contributed by atoms with Gasteiger partial charge in [-0.1, -0.05) is 18.2 Å². The highest BCUT2D eigenvalue weighted by atomic mass is 35.5. The Hall–Kier alpha value is -3.98. The predicted octanol–water partition coefficient (Wildman–Crippen LogP) is 0.124. The molecule has 2 N–H and O–H groups in total. The van der Waals surface area contributed by atoms with Crippen molar-refractivity contribution >= 4 is 16.9 Å². The first-order valence-electron chi connectivity index (χ1n) is 10.8. The first-order valence-corrected chi connectivity index (χ1v) is 10.8. The van der Waals surface area contributed by atoms with Gasteiger partial charge in [-0.25, -0.2) is 4.57 Å². The number of carboxylic acid groups (broad SMARTS) is 1. The molecule has 0 amide bonds. The Morgan fingerprint density at radius 1 is 1.14 bits per heavy atom. The summed E-state index contributed by atoms with van der Waals surface area (Å²) in [5.74, 6) is -0.514. The molecular weight excluding hydrogens is 476 g/mol. The Bertz CT molecular complexity index is 1490. The van der Waals surface area contributed by atoms with Gasteiger partial charge in [0.2, 0.25) is 6.79 Å². The maximum Gasteiger partial charge on any atom is 0.305 e. The molecular formula is C25H23ClN2O7. The number of aromatic nitrogens is 2. The Labute approximate surface area is 206 Å². The van der Waals surface area contributed by atoms with Crippen LogP contribution in [0.1, 0.15) is 40.7 Å². The van der Waals surface area contributed by atoms with Gasteiger partial charge in [0.15, 0.2) is 22.6 Å². The van der Waals surface area contributed by atoms with Crippen molar-refractivity contribution in [1.29, 1.82) is 0 Å². The molecule has 0 fully saturated rings. The summed E-state index contributed by atoms with van der Waals surface area (Å²) in [5, 5.41) is 21.1. The molecule has 0 radical (unpaired) electrons. The molecule has 0 aliphatic carbocycles. The van der Waals surface area contributed by atoms with E-state index in [0.29, 0.717) is 34.7 Å². The fraction of sp³-hybridized carbons (Fsp3) is 0.240. The Morgan fingerprint density at radius 3 is 2.66 bits per heavy atom. The van der Waals surface area contributed by atoms with E-state index in [9.17, 15) is 19.9 Å². The SMILES string of the molecule is Cc1c(C)[n+](Cc2ccc3c(c2)OCO3)c(C(CC(=O)O)c2coc3ccccc3c2=O)n1O.[Cl-]. The van der Waals surface area contributed by atoms with Crippen molar-refractivity contribution in [3.63, 3.8) is 0 Å². The summed E-state index contributed by atoms with van der Waals surface area (Å²) >= 11 is 0. The quantitative estimate of drug-likeness (QED) is 0.287. The van der Waals surface area contributed by atoms with E-state index < -0.39 is 18.3 Å². The lowest BCUT2D eigenvalue weighted by atomic mass is 9.94. The van der Waals surface area contributed by atoms with Gasteiger partial charge in [-0.05, 0) is 34.6 Å². The van der Waals surface area contributed by atoms with Gasteiger partial charge in [0.1, 0.15) is 23.7 Å². The summed E-state index contributed by atoms with van der Waals surface area (Å²) in [4.78, 5) is 25.2. The summed E-state index contributed by atoms with van der Waals surface area (Å²) < 4.78 is 19.3. The molecule has 182 valence electrons. The van der Waals surface area contributed by atoms with Gasteiger partial charge in [-0.3, -0.25) is 9.59 Å². The van der Waals surface area contributed by atoms with Crippen molar-refractivity contribution in [2.45, 2.75) is 32.7 Å². The van der Waals surface area contributed by atoms with Crippen LogP contribution in [-0.4, -0.2) is 27.8 Å². The van der Waals surface area contributed by atoms with E-state index in [2.05, 4.69) is 0 Å². The van der Waals surface area contributed by atoms with Crippen molar-refractivity contribution in [2.24, 2.45) is 0 Å². The highest BCUT2D eigenvalue weighted by Gasteiger charge is 2.37. The molecule has 3 heterocycles. The fourth-order valence-corrected chi connectivity index (χ4v) is 4.41. The lowest BCUT2D eigenvalue weighted by Crippen LogP contribution is -3.00. The lowest BCUT2D eigenvalue weighted by Gasteiger charge is -2.13. The maximum absolute atomic E-state index is 13.3. The zero-order valence-corrected chi connectivity index (χ0v) is 19.8. The normalized spacial score (nSPS) is 13.0. The third-order valence-electron chi connectivity index (χ3n) is 6.29. The Balaban J connectivity index is 0.00000289. The van der Waals surface area contributed by atoms with Crippen molar-refractivity contribution in [3.05, 3.63) is 87.3 Å². The van der Waals surface area contributed by atoms with Crippen LogP contribution < -0.4 is 31.9 Å². The van der Waals surface area contributed by atoms with Gasteiger partial charge >= 0.3 is 11.8 Å². The standard InChI is InChI=1S/C25H22N2O7.ClH/c1-14-15(2)27(31)25(26(14)11-16-7-8-21-22(9-16)34-13-33-21)18(10-23(28)29)19-12-32-20-6-4-3-5-17(20)24(19)30;/h3-9,12,18H,10-11,13H2,1-2H3,(H-,28,29,31);1H. The predicted molar refractivity (Wildman–Crippen MR) is 120 cm³/mol. The van der Waals surface area contributed by atoms with Crippen LogP contribution in [0.4, 0.5) is 0 Å². The number of aliphatic carboxylic acids is 1. The fourth-order valence-electron chi connectivity index (χ4n) is 4.41. The van der Waals surface area contributed by atoms with Crippen LogP contribution >= 0.6 is 0 Å². The number of para-hydroxylation sites is 1. The minimum atomic E-state index is -1.11. The average Bonchev–Trinajstić information content (AvgIpc) is 3.37. The number of imidazole rings is 1. The van der Waals surface area contributed by atoms with Gasteiger partial charge in [0.25, 0.3) is 0 Å². The van der Waals surface area contributed by atoms with Gasteiger partial charge in [0, 0.05) is 13.8 Å². The molecule has 0 bridgehead atoms. The minimum Gasteiger partial charge on any atom is -1.00 e. The van der Waals surface area contributed by atoms with Crippen LogP contribution in [0.25, 0.3) is 11.0 Å².